The quantitative estimate of drug-likeness (QED) is 0.659. The van der Waals surface area contributed by atoms with E-state index in [4.69, 9.17) is 5.11 Å². The van der Waals surface area contributed by atoms with E-state index in [0.717, 1.165) is 18.7 Å². The van der Waals surface area contributed by atoms with Crippen LogP contribution in [0.1, 0.15) is 11.1 Å². The molecule has 0 saturated carbocycles. The van der Waals surface area contributed by atoms with Gasteiger partial charge in [0.05, 0.1) is 13.2 Å². The zero-order valence-corrected chi connectivity index (χ0v) is 6.83. The maximum absolute atomic E-state index is 8.89. The van der Waals surface area contributed by atoms with Crippen LogP contribution in [0.15, 0.2) is 29.3 Å². The maximum Gasteiger partial charge on any atom is 0.0812 e. The number of benzene rings is 1. The molecular formula is C10H11NO. The topological polar surface area (TPSA) is 32.6 Å². The molecule has 0 aromatic heterocycles. The van der Waals surface area contributed by atoms with Crippen LogP contribution in [0.4, 0.5) is 0 Å². The second-order valence-electron chi connectivity index (χ2n) is 2.99. The Morgan fingerprint density at radius 2 is 2.00 bits per heavy atom. The van der Waals surface area contributed by atoms with Crippen molar-refractivity contribution in [2.45, 2.75) is 13.0 Å². The third-order valence-electron chi connectivity index (χ3n) is 2.17. The molecule has 12 heavy (non-hydrogen) atoms. The van der Waals surface area contributed by atoms with Crippen molar-refractivity contribution in [1.82, 2.24) is 0 Å². The molecule has 0 atom stereocenters. The monoisotopic (exact) mass is 161 g/mol. The van der Waals surface area contributed by atoms with Crippen molar-refractivity contribution in [1.29, 1.82) is 0 Å². The third kappa shape index (κ3) is 1.25. The fourth-order valence-corrected chi connectivity index (χ4v) is 1.46. The molecule has 1 aromatic rings. The molecule has 0 aliphatic carbocycles. The molecule has 2 rings (SSSR count). The standard InChI is InChI=1S/C10H11NO/c12-7-10-5-8-3-1-2-4-9(8)6-11-10/h1-4,12H,5-7H2. The highest BCUT2D eigenvalue weighted by Gasteiger charge is 2.09. The Morgan fingerprint density at radius 3 is 2.75 bits per heavy atom. The summed E-state index contributed by atoms with van der Waals surface area (Å²) in [5.41, 5.74) is 3.49. The Morgan fingerprint density at radius 1 is 1.25 bits per heavy atom. The number of aliphatic hydroxyl groups is 1. The molecule has 0 unspecified atom stereocenters. The largest absolute Gasteiger partial charge is 0.390 e. The molecule has 1 aliphatic rings. The lowest BCUT2D eigenvalue weighted by molar-refractivity contribution is 0.354. The van der Waals surface area contributed by atoms with E-state index in [1.54, 1.807) is 0 Å². The molecule has 0 fully saturated rings. The number of hydrogen-bond acceptors (Lipinski definition) is 2. The summed E-state index contributed by atoms with van der Waals surface area (Å²) in [7, 11) is 0. The highest BCUT2D eigenvalue weighted by molar-refractivity contribution is 5.88. The van der Waals surface area contributed by atoms with Crippen LogP contribution in [0.2, 0.25) is 0 Å². The zero-order chi connectivity index (χ0) is 8.39. The van der Waals surface area contributed by atoms with Gasteiger partial charge in [0, 0.05) is 12.1 Å². The fourth-order valence-electron chi connectivity index (χ4n) is 1.46. The molecule has 1 N–H and O–H groups in total. The van der Waals surface area contributed by atoms with Gasteiger partial charge in [0.1, 0.15) is 0 Å². The van der Waals surface area contributed by atoms with Crippen LogP contribution < -0.4 is 0 Å². The lowest BCUT2D eigenvalue weighted by atomic mass is 9.99. The highest BCUT2D eigenvalue weighted by atomic mass is 16.3. The number of aliphatic hydroxyl groups excluding tert-OH is 1. The molecule has 62 valence electrons. The fraction of sp³-hybridized carbons (Fsp3) is 0.300. The molecule has 2 nitrogen and oxygen atoms in total. The SMILES string of the molecule is OCC1=NCc2ccccc2C1. The summed E-state index contributed by atoms with van der Waals surface area (Å²) < 4.78 is 0. The minimum Gasteiger partial charge on any atom is -0.390 e. The molecule has 0 spiro atoms. The zero-order valence-electron chi connectivity index (χ0n) is 6.83. The van der Waals surface area contributed by atoms with Crippen LogP contribution in [0.5, 0.6) is 0 Å². The van der Waals surface area contributed by atoms with Gasteiger partial charge in [0.2, 0.25) is 0 Å². The smallest absolute Gasteiger partial charge is 0.0812 e. The minimum atomic E-state index is 0.0916. The summed E-state index contributed by atoms with van der Waals surface area (Å²) in [6.45, 7) is 0.820. The third-order valence-corrected chi connectivity index (χ3v) is 2.17. The lowest BCUT2D eigenvalue weighted by Gasteiger charge is -2.13. The van der Waals surface area contributed by atoms with Gasteiger partial charge in [0.25, 0.3) is 0 Å². The van der Waals surface area contributed by atoms with Crippen LogP contribution in [-0.2, 0) is 13.0 Å². The van der Waals surface area contributed by atoms with Crippen LogP contribution in [-0.4, -0.2) is 17.4 Å². The first-order chi connectivity index (χ1) is 5.90. The van der Waals surface area contributed by atoms with Gasteiger partial charge in [-0.15, -0.1) is 0 Å². The van der Waals surface area contributed by atoms with Gasteiger partial charge in [-0.25, -0.2) is 0 Å². The Kier molecular flexibility index (Phi) is 1.92. The second-order valence-corrected chi connectivity index (χ2v) is 2.99. The number of nitrogens with zero attached hydrogens (tertiary/aromatic N) is 1. The van der Waals surface area contributed by atoms with Gasteiger partial charge >= 0.3 is 0 Å². The van der Waals surface area contributed by atoms with Crippen LogP contribution >= 0.6 is 0 Å². The van der Waals surface area contributed by atoms with Crippen LogP contribution in [0, 0.1) is 0 Å². The first kappa shape index (κ1) is 7.50. The minimum absolute atomic E-state index is 0.0916. The van der Waals surface area contributed by atoms with E-state index in [2.05, 4.69) is 17.1 Å². The average molecular weight is 161 g/mol. The van der Waals surface area contributed by atoms with E-state index in [0.29, 0.717) is 0 Å². The maximum atomic E-state index is 8.89. The van der Waals surface area contributed by atoms with E-state index in [9.17, 15) is 0 Å². The molecule has 0 amide bonds. The van der Waals surface area contributed by atoms with Crippen LogP contribution in [0.3, 0.4) is 0 Å². The number of hydrogen-bond donors (Lipinski definition) is 1. The van der Waals surface area contributed by atoms with Gasteiger partial charge in [-0.3, -0.25) is 4.99 Å². The van der Waals surface area contributed by atoms with Gasteiger partial charge in [-0.2, -0.15) is 0 Å². The van der Waals surface area contributed by atoms with Crippen LogP contribution in [0.25, 0.3) is 0 Å². The van der Waals surface area contributed by atoms with Crippen molar-refractivity contribution >= 4 is 5.71 Å². The van der Waals surface area contributed by atoms with Gasteiger partial charge < -0.3 is 5.11 Å². The van der Waals surface area contributed by atoms with Crippen molar-refractivity contribution in [2.75, 3.05) is 6.61 Å². The number of rotatable bonds is 1. The summed E-state index contributed by atoms with van der Waals surface area (Å²) in [5, 5.41) is 8.89. The second kappa shape index (κ2) is 3.07. The Bertz CT molecular complexity index is 317. The normalized spacial score (nSPS) is 15.2. The molecule has 1 aliphatic heterocycles. The van der Waals surface area contributed by atoms with Crippen molar-refractivity contribution in [3.63, 3.8) is 0 Å². The van der Waals surface area contributed by atoms with E-state index in [1.165, 1.54) is 11.1 Å². The Hall–Kier alpha value is -1.15. The van der Waals surface area contributed by atoms with Crippen molar-refractivity contribution in [2.24, 2.45) is 4.99 Å². The predicted molar refractivity (Wildman–Crippen MR) is 48.4 cm³/mol. The molecule has 0 saturated heterocycles. The Labute approximate surface area is 71.6 Å². The number of fused-ring (bicyclic) bond motifs is 1. The van der Waals surface area contributed by atoms with E-state index in [1.807, 2.05) is 12.1 Å². The molecule has 1 heterocycles. The number of aliphatic imine (C=N–C) groups is 1. The van der Waals surface area contributed by atoms with Crippen molar-refractivity contribution in [3.8, 4) is 0 Å². The molecule has 1 aromatic carbocycles. The summed E-state index contributed by atoms with van der Waals surface area (Å²) in [5.74, 6) is 0. The molecule has 0 radical (unpaired) electrons. The van der Waals surface area contributed by atoms with E-state index < -0.39 is 0 Å². The van der Waals surface area contributed by atoms with Gasteiger partial charge in [0.15, 0.2) is 0 Å². The summed E-state index contributed by atoms with van der Waals surface area (Å²) in [6.07, 6.45) is 0.812. The highest BCUT2D eigenvalue weighted by Crippen LogP contribution is 2.15. The average Bonchev–Trinajstić information content (AvgIpc) is 2.17. The van der Waals surface area contributed by atoms with Crippen molar-refractivity contribution < 1.29 is 5.11 Å². The van der Waals surface area contributed by atoms with E-state index >= 15 is 0 Å². The van der Waals surface area contributed by atoms with Gasteiger partial charge in [-0.05, 0) is 11.1 Å². The lowest BCUT2D eigenvalue weighted by Crippen LogP contribution is -2.14. The molecule has 2 heteroatoms. The van der Waals surface area contributed by atoms with E-state index in [-0.39, 0.29) is 6.61 Å². The van der Waals surface area contributed by atoms with Crippen molar-refractivity contribution in [3.05, 3.63) is 35.4 Å². The molecular weight excluding hydrogens is 150 g/mol. The predicted octanol–water partition coefficient (Wildman–Crippen LogP) is 1.18. The Balaban J connectivity index is 2.31. The first-order valence-corrected chi connectivity index (χ1v) is 4.10. The first-order valence-electron chi connectivity index (χ1n) is 4.10. The summed E-state index contributed by atoms with van der Waals surface area (Å²) in [6, 6.07) is 8.24. The summed E-state index contributed by atoms with van der Waals surface area (Å²) >= 11 is 0. The van der Waals surface area contributed by atoms with Gasteiger partial charge in [-0.1, -0.05) is 24.3 Å². The molecule has 0 bridgehead atoms. The summed E-state index contributed by atoms with van der Waals surface area (Å²) in [4.78, 5) is 4.26.